The average Bonchev–Trinajstić information content (AvgIpc) is 2.83. The number of nitrogen functional groups attached to an aromatic ring is 1. The molecule has 19 heavy (non-hydrogen) atoms. The number of anilines is 1. The van der Waals surface area contributed by atoms with Crippen LogP contribution >= 0.6 is 11.6 Å². The van der Waals surface area contributed by atoms with Crippen molar-refractivity contribution in [2.24, 2.45) is 0 Å². The first kappa shape index (κ1) is 11.7. The summed E-state index contributed by atoms with van der Waals surface area (Å²) >= 11 is 5.86. The number of rotatable bonds is 2. The Bertz CT molecular complexity index is 691. The molecule has 3 aromatic rings. The van der Waals surface area contributed by atoms with Gasteiger partial charge in [0.15, 0.2) is 5.82 Å². The topological polar surface area (TPSA) is 69.6 Å². The van der Waals surface area contributed by atoms with Crippen LogP contribution in [0, 0.1) is 0 Å². The number of nitrogens with zero attached hydrogens (tertiary/aromatic N) is 4. The van der Waals surface area contributed by atoms with Gasteiger partial charge in [0.05, 0.1) is 11.9 Å². The summed E-state index contributed by atoms with van der Waals surface area (Å²) in [7, 11) is 0. The molecule has 0 aliphatic carbocycles. The molecule has 6 heteroatoms. The number of benzene rings is 1. The monoisotopic (exact) mass is 271 g/mol. The highest BCUT2D eigenvalue weighted by atomic mass is 35.5. The average molecular weight is 272 g/mol. The zero-order valence-corrected chi connectivity index (χ0v) is 10.6. The first-order chi connectivity index (χ1) is 9.24. The zero-order valence-electron chi connectivity index (χ0n) is 9.86. The molecule has 0 bridgehead atoms. The molecule has 0 spiro atoms. The van der Waals surface area contributed by atoms with Gasteiger partial charge >= 0.3 is 0 Å². The molecule has 1 aromatic carbocycles. The van der Waals surface area contributed by atoms with Crippen LogP contribution in [0.1, 0.15) is 0 Å². The second-order valence-corrected chi connectivity index (χ2v) is 4.37. The highest BCUT2D eigenvalue weighted by molar-refractivity contribution is 6.30. The maximum atomic E-state index is 5.95. The van der Waals surface area contributed by atoms with Crippen molar-refractivity contribution in [3.05, 3.63) is 53.9 Å². The lowest BCUT2D eigenvalue weighted by Gasteiger charge is -2.00. The van der Waals surface area contributed by atoms with Crippen LogP contribution in [0.5, 0.6) is 0 Å². The third-order valence-electron chi connectivity index (χ3n) is 2.64. The normalized spacial score (nSPS) is 10.6. The second-order valence-electron chi connectivity index (χ2n) is 3.94. The molecule has 0 aliphatic heterocycles. The molecule has 2 N–H and O–H groups in total. The Morgan fingerprint density at radius 3 is 2.58 bits per heavy atom. The summed E-state index contributed by atoms with van der Waals surface area (Å²) in [5.41, 5.74) is 7.65. The SMILES string of the molecule is Nc1cc(-c2ccc(Cl)cc2)nn1-c1cnccn1. The first-order valence-corrected chi connectivity index (χ1v) is 6.00. The third-order valence-corrected chi connectivity index (χ3v) is 2.90. The summed E-state index contributed by atoms with van der Waals surface area (Å²) in [6.45, 7) is 0. The van der Waals surface area contributed by atoms with Gasteiger partial charge in [0, 0.05) is 29.0 Å². The van der Waals surface area contributed by atoms with Crippen LogP contribution in [0.25, 0.3) is 17.1 Å². The minimum atomic E-state index is 0.505. The second kappa shape index (κ2) is 4.70. The van der Waals surface area contributed by atoms with Crippen molar-refractivity contribution in [1.29, 1.82) is 0 Å². The lowest BCUT2D eigenvalue weighted by Crippen LogP contribution is -2.03. The number of aromatic nitrogens is 4. The van der Waals surface area contributed by atoms with Crippen LogP contribution in [-0.4, -0.2) is 19.7 Å². The first-order valence-electron chi connectivity index (χ1n) is 5.62. The molecule has 0 saturated heterocycles. The Morgan fingerprint density at radius 2 is 1.89 bits per heavy atom. The van der Waals surface area contributed by atoms with Gasteiger partial charge in [-0.3, -0.25) is 4.98 Å². The van der Waals surface area contributed by atoms with Crippen molar-refractivity contribution in [3.8, 4) is 17.1 Å². The molecule has 0 radical (unpaired) electrons. The van der Waals surface area contributed by atoms with Crippen LogP contribution < -0.4 is 5.73 Å². The summed E-state index contributed by atoms with van der Waals surface area (Å²) in [6, 6.07) is 9.21. The molecule has 2 aromatic heterocycles. The van der Waals surface area contributed by atoms with E-state index in [0.29, 0.717) is 16.7 Å². The number of halogens is 1. The van der Waals surface area contributed by atoms with Crippen LogP contribution in [0.2, 0.25) is 5.02 Å². The Hall–Kier alpha value is -2.40. The molecule has 94 valence electrons. The van der Waals surface area contributed by atoms with E-state index in [4.69, 9.17) is 17.3 Å². The van der Waals surface area contributed by atoms with E-state index in [9.17, 15) is 0 Å². The van der Waals surface area contributed by atoms with Gasteiger partial charge in [-0.1, -0.05) is 23.7 Å². The van der Waals surface area contributed by atoms with E-state index in [2.05, 4.69) is 15.1 Å². The minimum Gasteiger partial charge on any atom is -0.384 e. The van der Waals surface area contributed by atoms with Crippen molar-refractivity contribution >= 4 is 17.4 Å². The van der Waals surface area contributed by atoms with Crippen molar-refractivity contribution in [3.63, 3.8) is 0 Å². The van der Waals surface area contributed by atoms with Crippen molar-refractivity contribution in [2.45, 2.75) is 0 Å². The fraction of sp³-hybridized carbons (Fsp3) is 0. The van der Waals surface area contributed by atoms with Crippen molar-refractivity contribution < 1.29 is 0 Å². The lowest BCUT2D eigenvalue weighted by atomic mass is 10.1. The Morgan fingerprint density at radius 1 is 1.11 bits per heavy atom. The molecule has 0 saturated carbocycles. The Balaban J connectivity index is 2.04. The largest absolute Gasteiger partial charge is 0.384 e. The number of nitrogens with two attached hydrogens (primary N) is 1. The van der Waals surface area contributed by atoms with E-state index in [1.165, 1.54) is 0 Å². The van der Waals surface area contributed by atoms with Gasteiger partial charge in [0.1, 0.15) is 5.82 Å². The van der Waals surface area contributed by atoms with Gasteiger partial charge < -0.3 is 5.73 Å². The predicted molar refractivity (Wildman–Crippen MR) is 74.0 cm³/mol. The number of hydrogen-bond donors (Lipinski definition) is 1. The molecular formula is C13H10ClN5. The van der Waals surface area contributed by atoms with Crippen molar-refractivity contribution in [1.82, 2.24) is 19.7 Å². The summed E-state index contributed by atoms with van der Waals surface area (Å²) in [6.07, 6.45) is 4.80. The third kappa shape index (κ3) is 2.28. The Labute approximate surface area is 114 Å². The maximum Gasteiger partial charge on any atom is 0.174 e. The van der Waals surface area contributed by atoms with E-state index in [1.54, 1.807) is 29.3 Å². The fourth-order valence-electron chi connectivity index (χ4n) is 1.74. The molecule has 0 amide bonds. The van der Waals surface area contributed by atoms with Crippen molar-refractivity contribution in [2.75, 3.05) is 5.73 Å². The van der Waals surface area contributed by atoms with Crippen LogP contribution in [-0.2, 0) is 0 Å². The highest BCUT2D eigenvalue weighted by Crippen LogP contribution is 2.23. The Kier molecular flexibility index (Phi) is 2.89. The van der Waals surface area contributed by atoms with Gasteiger partial charge in [0.25, 0.3) is 0 Å². The molecule has 0 atom stereocenters. The predicted octanol–water partition coefficient (Wildman–Crippen LogP) is 2.56. The molecule has 3 rings (SSSR count). The minimum absolute atomic E-state index is 0.505. The van der Waals surface area contributed by atoms with Gasteiger partial charge in [-0.2, -0.15) is 9.78 Å². The van der Waals surface area contributed by atoms with Gasteiger partial charge in [-0.15, -0.1) is 0 Å². The van der Waals surface area contributed by atoms with E-state index in [1.807, 2.05) is 24.3 Å². The molecule has 0 fully saturated rings. The quantitative estimate of drug-likeness (QED) is 0.778. The standard InChI is InChI=1S/C13H10ClN5/c14-10-3-1-9(2-4-10)11-7-12(15)19(18-11)13-8-16-5-6-17-13/h1-8H,15H2. The summed E-state index contributed by atoms with van der Waals surface area (Å²) in [5, 5.41) is 5.11. The van der Waals surface area contributed by atoms with Gasteiger partial charge in [-0.25, -0.2) is 4.98 Å². The highest BCUT2D eigenvalue weighted by Gasteiger charge is 2.09. The summed E-state index contributed by atoms with van der Waals surface area (Å²) in [4.78, 5) is 8.17. The molecular weight excluding hydrogens is 262 g/mol. The molecule has 0 unspecified atom stereocenters. The summed E-state index contributed by atoms with van der Waals surface area (Å²) in [5.74, 6) is 1.09. The molecule has 2 heterocycles. The number of hydrogen-bond acceptors (Lipinski definition) is 4. The van der Waals surface area contributed by atoms with Crippen LogP contribution in [0.4, 0.5) is 5.82 Å². The summed E-state index contributed by atoms with van der Waals surface area (Å²) < 4.78 is 1.55. The lowest BCUT2D eigenvalue weighted by molar-refractivity contribution is 0.851. The van der Waals surface area contributed by atoms with Gasteiger partial charge in [0.2, 0.25) is 0 Å². The van der Waals surface area contributed by atoms with Crippen LogP contribution in [0.3, 0.4) is 0 Å². The smallest absolute Gasteiger partial charge is 0.174 e. The van der Waals surface area contributed by atoms with Crippen LogP contribution in [0.15, 0.2) is 48.9 Å². The zero-order chi connectivity index (χ0) is 13.2. The van der Waals surface area contributed by atoms with E-state index < -0.39 is 0 Å². The van der Waals surface area contributed by atoms with Gasteiger partial charge in [-0.05, 0) is 12.1 Å². The fourth-order valence-corrected chi connectivity index (χ4v) is 1.87. The molecule has 5 nitrogen and oxygen atoms in total. The maximum absolute atomic E-state index is 5.95. The van der Waals surface area contributed by atoms with E-state index in [-0.39, 0.29) is 0 Å². The molecule has 0 aliphatic rings. The van der Waals surface area contributed by atoms with E-state index in [0.717, 1.165) is 11.3 Å². The van der Waals surface area contributed by atoms with E-state index >= 15 is 0 Å².